The molecule has 1 aromatic carbocycles. The van der Waals surface area contributed by atoms with Crippen LogP contribution in [0.25, 0.3) is 6.08 Å². The van der Waals surface area contributed by atoms with Crippen molar-refractivity contribution < 1.29 is 9.53 Å². The van der Waals surface area contributed by atoms with Crippen LogP contribution in [-0.4, -0.2) is 48.7 Å². The molecule has 0 bridgehead atoms. The fourth-order valence-electron chi connectivity index (χ4n) is 4.37. The molecule has 0 spiro atoms. The van der Waals surface area contributed by atoms with Crippen LogP contribution in [0.15, 0.2) is 36.4 Å². The topological polar surface area (TPSA) is 41.6 Å². The van der Waals surface area contributed by atoms with Crippen molar-refractivity contribution >= 4 is 12.0 Å². The molecule has 1 heterocycles. The molecular weight excluding hydrogens is 324 g/mol. The predicted molar refractivity (Wildman–Crippen MR) is 106 cm³/mol. The van der Waals surface area contributed by atoms with Gasteiger partial charge in [0.05, 0.1) is 12.2 Å². The number of ether oxygens (including phenoxy) is 1. The maximum Gasteiger partial charge on any atom is 0.244 e. The van der Waals surface area contributed by atoms with Gasteiger partial charge in [-0.05, 0) is 50.7 Å². The van der Waals surface area contributed by atoms with Gasteiger partial charge in [-0.1, -0.05) is 36.8 Å². The Morgan fingerprint density at radius 2 is 1.92 bits per heavy atom. The first-order valence-electron chi connectivity index (χ1n) is 10.00. The molecule has 1 amide bonds. The molecule has 4 heteroatoms. The summed E-state index contributed by atoms with van der Waals surface area (Å²) in [6.45, 7) is 7.50. The van der Waals surface area contributed by atoms with Crippen LogP contribution >= 0.6 is 0 Å². The standard InChI is InChI=1S/C22H32N2O2/c1-17-14-24(15-18(2)26-17)16-20-9-6-10-21(13-20)23-22(25)12-11-19-7-4-3-5-8-19/h3-5,7-8,11-12,17-18,20-21H,6,9-10,13-16H2,1-2H3,(H,23,25)/b12-11+/t17-,18+,20-,21-/m1/s1. The van der Waals surface area contributed by atoms with Crippen LogP contribution in [-0.2, 0) is 9.53 Å². The fraction of sp³-hybridized carbons (Fsp3) is 0.591. The molecule has 0 radical (unpaired) electrons. The minimum atomic E-state index is 0.0214. The van der Waals surface area contributed by atoms with Gasteiger partial charge in [-0.3, -0.25) is 9.69 Å². The maximum absolute atomic E-state index is 12.2. The average molecular weight is 357 g/mol. The second-order valence-electron chi connectivity index (χ2n) is 7.96. The van der Waals surface area contributed by atoms with Gasteiger partial charge in [-0.2, -0.15) is 0 Å². The Labute approximate surface area is 157 Å². The van der Waals surface area contributed by atoms with Crippen LogP contribution in [0.2, 0.25) is 0 Å². The molecule has 2 aliphatic rings. The van der Waals surface area contributed by atoms with Gasteiger partial charge in [0, 0.05) is 31.8 Å². The SMILES string of the molecule is C[C@@H]1CN(C[C@@H]2CCC[C@@H](NC(=O)/C=C/c3ccccc3)C2)C[C@H](C)O1. The molecule has 1 saturated heterocycles. The molecule has 1 aromatic rings. The number of carbonyl (C=O) groups is 1. The molecule has 1 saturated carbocycles. The summed E-state index contributed by atoms with van der Waals surface area (Å²) in [4.78, 5) is 14.8. The number of hydrogen-bond acceptors (Lipinski definition) is 3. The summed E-state index contributed by atoms with van der Waals surface area (Å²) in [7, 11) is 0. The highest BCUT2D eigenvalue weighted by Gasteiger charge is 2.28. The fourth-order valence-corrected chi connectivity index (χ4v) is 4.37. The van der Waals surface area contributed by atoms with Crippen LogP contribution in [0.4, 0.5) is 0 Å². The quantitative estimate of drug-likeness (QED) is 0.821. The summed E-state index contributed by atoms with van der Waals surface area (Å²) in [5, 5.41) is 3.20. The van der Waals surface area contributed by atoms with E-state index in [1.165, 1.54) is 12.8 Å². The smallest absolute Gasteiger partial charge is 0.244 e. The highest BCUT2D eigenvalue weighted by Crippen LogP contribution is 2.26. The van der Waals surface area contributed by atoms with Crippen molar-refractivity contribution in [3.8, 4) is 0 Å². The lowest BCUT2D eigenvalue weighted by atomic mass is 9.85. The summed E-state index contributed by atoms with van der Waals surface area (Å²) in [6, 6.07) is 10.3. The van der Waals surface area contributed by atoms with Gasteiger partial charge in [0.15, 0.2) is 0 Å². The van der Waals surface area contributed by atoms with Gasteiger partial charge in [0.1, 0.15) is 0 Å². The van der Waals surface area contributed by atoms with E-state index in [1.807, 2.05) is 36.4 Å². The number of morpholine rings is 1. The normalized spacial score (nSPS) is 30.4. The van der Waals surface area contributed by atoms with Crippen molar-refractivity contribution in [1.29, 1.82) is 0 Å². The zero-order valence-electron chi connectivity index (χ0n) is 16.1. The number of hydrogen-bond donors (Lipinski definition) is 1. The Morgan fingerprint density at radius 1 is 1.19 bits per heavy atom. The molecule has 142 valence electrons. The lowest BCUT2D eigenvalue weighted by Gasteiger charge is -2.39. The molecule has 0 aromatic heterocycles. The van der Waals surface area contributed by atoms with Crippen LogP contribution in [0.3, 0.4) is 0 Å². The molecule has 3 rings (SSSR count). The van der Waals surface area contributed by atoms with Gasteiger partial charge in [0.2, 0.25) is 5.91 Å². The summed E-state index contributed by atoms with van der Waals surface area (Å²) >= 11 is 0. The Kier molecular flexibility index (Phi) is 6.86. The second kappa shape index (κ2) is 9.33. The predicted octanol–water partition coefficient (Wildman–Crippen LogP) is 3.48. The van der Waals surface area contributed by atoms with Crippen molar-refractivity contribution in [2.24, 2.45) is 5.92 Å². The van der Waals surface area contributed by atoms with E-state index in [1.54, 1.807) is 6.08 Å². The number of rotatable bonds is 5. The van der Waals surface area contributed by atoms with Crippen molar-refractivity contribution in [2.75, 3.05) is 19.6 Å². The number of benzene rings is 1. The lowest BCUT2D eigenvalue weighted by Crippen LogP contribution is -2.48. The Morgan fingerprint density at radius 3 is 2.65 bits per heavy atom. The van der Waals surface area contributed by atoms with E-state index < -0.39 is 0 Å². The van der Waals surface area contributed by atoms with Gasteiger partial charge in [-0.25, -0.2) is 0 Å². The van der Waals surface area contributed by atoms with Crippen LogP contribution in [0, 0.1) is 5.92 Å². The molecule has 1 N–H and O–H groups in total. The molecule has 4 atom stereocenters. The Bertz CT molecular complexity index is 591. The molecule has 4 nitrogen and oxygen atoms in total. The van der Waals surface area contributed by atoms with Crippen molar-refractivity contribution in [3.63, 3.8) is 0 Å². The van der Waals surface area contributed by atoms with Crippen molar-refractivity contribution in [2.45, 2.75) is 57.8 Å². The largest absolute Gasteiger partial charge is 0.373 e. The van der Waals surface area contributed by atoms with Crippen LogP contribution < -0.4 is 5.32 Å². The maximum atomic E-state index is 12.2. The van der Waals surface area contributed by atoms with Gasteiger partial charge >= 0.3 is 0 Å². The summed E-state index contributed by atoms with van der Waals surface area (Å²) in [5.74, 6) is 0.692. The zero-order chi connectivity index (χ0) is 18.4. The average Bonchev–Trinajstić information content (AvgIpc) is 2.60. The highest BCUT2D eigenvalue weighted by atomic mass is 16.5. The van der Waals surface area contributed by atoms with E-state index in [0.717, 1.165) is 38.0 Å². The molecule has 0 unspecified atom stereocenters. The first-order chi connectivity index (χ1) is 12.6. The van der Waals surface area contributed by atoms with E-state index in [-0.39, 0.29) is 5.91 Å². The number of carbonyl (C=O) groups excluding carboxylic acids is 1. The number of nitrogens with one attached hydrogen (secondary N) is 1. The van der Waals surface area contributed by atoms with Gasteiger partial charge in [0.25, 0.3) is 0 Å². The van der Waals surface area contributed by atoms with E-state index in [2.05, 4.69) is 24.1 Å². The molecule has 2 fully saturated rings. The minimum absolute atomic E-state index is 0.0214. The van der Waals surface area contributed by atoms with E-state index >= 15 is 0 Å². The monoisotopic (exact) mass is 356 g/mol. The van der Waals surface area contributed by atoms with Crippen molar-refractivity contribution in [1.82, 2.24) is 10.2 Å². The molecule has 1 aliphatic heterocycles. The summed E-state index contributed by atoms with van der Waals surface area (Å²) in [6.07, 6.45) is 8.83. The Hall–Kier alpha value is -1.65. The Balaban J connectivity index is 1.46. The van der Waals surface area contributed by atoms with Gasteiger partial charge in [-0.15, -0.1) is 0 Å². The van der Waals surface area contributed by atoms with E-state index in [9.17, 15) is 4.79 Å². The number of nitrogens with zero attached hydrogens (tertiary/aromatic N) is 1. The van der Waals surface area contributed by atoms with E-state index in [4.69, 9.17) is 4.74 Å². The van der Waals surface area contributed by atoms with Gasteiger partial charge < -0.3 is 10.1 Å². The van der Waals surface area contributed by atoms with Crippen LogP contribution in [0.1, 0.15) is 45.1 Å². The molecule has 26 heavy (non-hydrogen) atoms. The first kappa shape index (κ1) is 19.1. The van der Waals surface area contributed by atoms with E-state index in [0.29, 0.717) is 24.2 Å². The summed E-state index contributed by atoms with van der Waals surface area (Å²) in [5.41, 5.74) is 1.06. The third kappa shape index (κ3) is 5.96. The molecule has 1 aliphatic carbocycles. The van der Waals surface area contributed by atoms with Crippen molar-refractivity contribution in [3.05, 3.63) is 42.0 Å². The first-order valence-corrected chi connectivity index (χ1v) is 10.00. The third-order valence-corrected chi connectivity index (χ3v) is 5.37. The van der Waals surface area contributed by atoms with Crippen LogP contribution in [0.5, 0.6) is 0 Å². The molecular formula is C22H32N2O2. The lowest BCUT2D eigenvalue weighted by molar-refractivity contribution is -0.117. The highest BCUT2D eigenvalue weighted by molar-refractivity contribution is 5.91. The minimum Gasteiger partial charge on any atom is -0.373 e. The summed E-state index contributed by atoms with van der Waals surface area (Å²) < 4.78 is 5.84. The second-order valence-corrected chi connectivity index (χ2v) is 7.96. The third-order valence-electron chi connectivity index (χ3n) is 5.37. The number of amides is 1. The zero-order valence-corrected chi connectivity index (χ0v) is 16.1.